The number of halogens is 2. The van der Waals surface area contributed by atoms with Crippen LogP contribution in [-0.4, -0.2) is 69.8 Å². The van der Waals surface area contributed by atoms with Crippen molar-refractivity contribution in [1.82, 2.24) is 14.8 Å². The number of piperidine rings is 1. The monoisotopic (exact) mass is 808 g/mol. The normalized spacial score (nSPS) is 27.6. The first-order valence-corrected chi connectivity index (χ1v) is 20.2. The molecule has 4 heterocycles. The molecule has 2 N–H and O–H groups in total. The number of nitrogens with zero attached hydrogens (tertiary/aromatic N) is 3. The number of hydrogen-bond acceptors (Lipinski definition) is 9. The van der Waals surface area contributed by atoms with Crippen molar-refractivity contribution in [1.29, 1.82) is 0 Å². The number of carbonyl (C=O) groups is 4. The molecule has 6 unspecified atom stereocenters. The highest BCUT2D eigenvalue weighted by atomic mass is 35.5. The molecule has 11 nitrogen and oxygen atoms in total. The van der Waals surface area contributed by atoms with E-state index in [1.54, 1.807) is 55.6 Å². The molecule has 2 aliphatic carbocycles. The van der Waals surface area contributed by atoms with E-state index in [2.05, 4.69) is 22.5 Å². The minimum absolute atomic E-state index is 0.141. The number of hydrogen-bond donors (Lipinski definition) is 2. The molecule has 9 rings (SSSR count). The molecule has 1 aromatic heterocycles. The van der Waals surface area contributed by atoms with E-state index in [0.717, 1.165) is 30.2 Å². The molecule has 0 spiro atoms. The largest absolute Gasteiger partial charge is 0.497 e. The number of anilines is 1. The Morgan fingerprint density at radius 1 is 0.895 bits per heavy atom. The van der Waals surface area contributed by atoms with E-state index in [0.29, 0.717) is 52.8 Å². The summed E-state index contributed by atoms with van der Waals surface area (Å²) in [7, 11) is 1.55. The second-order valence-electron chi connectivity index (χ2n) is 15.7. The maximum absolute atomic E-state index is 15.4. The van der Waals surface area contributed by atoms with E-state index >= 15 is 4.79 Å². The molecule has 3 aliphatic heterocycles. The quantitative estimate of drug-likeness (QED) is 0.140. The van der Waals surface area contributed by atoms with Crippen molar-refractivity contribution < 1.29 is 33.4 Å². The fourth-order valence-corrected chi connectivity index (χ4v) is 10.8. The highest BCUT2D eigenvalue weighted by Crippen LogP contribution is 2.64. The lowest BCUT2D eigenvalue weighted by molar-refractivity contribution is -0.144. The molecule has 5 aliphatic rings. The van der Waals surface area contributed by atoms with Gasteiger partial charge in [-0.3, -0.25) is 34.4 Å². The fourth-order valence-electron chi connectivity index (χ4n) is 10.3. The van der Waals surface area contributed by atoms with E-state index < -0.39 is 46.8 Å². The summed E-state index contributed by atoms with van der Waals surface area (Å²) in [5, 5.41) is 11.7. The summed E-state index contributed by atoms with van der Waals surface area (Å²) in [4.78, 5) is 63.3. The second-order valence-corrected chi connectivity index (χ2v) is 16.6. The van der Waals surface area contributed by atoms with Gasteiger partial charge in [-0.15, -0.1) is 0 Å². The van der Waals surface area contributed by atoms with E-state index in [4.69, 9.17) is 32.4 Å². The fraction of sp³-hybridized carbons (Fsp3) is 0.364. The van der Waals surface area contributed by atoms with Crippen LogP contribution < -0.4 is 10.2 Å². The molecule has 3 saturated heterocycles. The van der Waals surface area contributed by atoms with Crippen molar-refractivity contribution in [2.24, 2.45) is 23.7 Å². The van der Waals surface area contributed by atoms with E-state index in [1.807, 2.05) is 24.3 Å². The Morgan fingerprint density at radius 3 is 2.33 bits per heavy atom. The molecular formula is C44H42Cl2N4O7. The number of aliphatic hydroxyl groups excluding tert-OH is 1. The lowest BCUT2D eigenvalue weighted by atomic mass is 9.49. The summed E-state index contributed by atoms with van der Waals surface area (Å²) in [6.45, 7) is 1.95. The number of hydrazine groups is 1. The van der Waals surface area contributed by atoms with Gasteiger partial charge in [0.2, 0.25) is 11.8 Å². The van der Waals surface area contributed by atoms with Crippen molar-refractivity contribution in [3.63, 3.8) is 0 Å². The van der Waals surface area contributed by atoms with Crippen LogP contribution in [-0.2, 0) is 37.7 Å². The number of allylic oxidation sites excluding steroid dienone is 2. The topological polar surface area (TPSA) is 133 Å². The number of aliphatic hydroxyl groups is 1. The summed E-state index contributed by atoms with van der Waals surface area (Å²) in [5.74, 6) is -3.85. The number of amides is 4. The van der Waals surface area contributed by atoms with Crippen LogP contribution in [0.15, 0.2) is 101 Å². The van der Waals surface area contributed by atoms with Gasteiger partial charge in [-0.05, 0) is 85.2 Å². The third kappa shape index (κ3) is 6.09. The van der Waals surface area contributed by atoms with Crippen LogP contribution in [0.2, 0.25) is 10.0 Å². The molecule has 0 radical (unpaired) electrons. The zero-order valence-corrected chi connectivity index (χ0v) is 32.8. The molecule has 0 bridgehead atoms. The molecule has 294 valence electrons. The number of methoxy groups -OCH3 is 1. The molecule has 4 fully saturated rings. The molecule has 3 aromatic carbocycles. The smallest absolute Gasteiger partial charge is 0.260 e. The number of carbonyl (C=O) groups excluding carboxylic acids is 4. The molecule has 4 aromatic rings. The van der Waals surface area contributed by atoms with Crippen molar-refractivity contribution in [2.75, 3.05) is 25.6 Å². The summed E-state index contributed by atoms with van der Waals surface area (Å²) < 4.78 is 11.8. The Labute approximate surface area is 340 Å². The van der Waals surface area contributed by atoms with Gasteiger partial charge in [-0.2, -0.15) is 5.01 Å². The SMILES string of the molecule is COc1ccc(C23C(=O)N(Nc4ccc(Cl)cc4Cl)C(=O)C2CC2C(=CCC4C(=O)N(C5CCN(Cc6ccccc6)CC5)C(=O)C42)C3c2ccc(CO)o2)cc1. The van der Waals surface area contributed by atoms with Crippen LogP contribution in [0.5, 0.6) is 5.75 Å². The maximum Gasteiger partial charge on any atom is 0.260 e. The second kappa shape index (κ2) is 14.8. The number of furan rings is 1. The van der Waals surface area contributed by atoms with Crippen molar-refractivity contribution in [3.8, 4) is 5.75 Å². The summed E-state index contributed by atoms with van der Waals surface area (Å²) in [6.07, 6.45) is 3.81. The highest BCUT2D eigenvalue weighted by molar-refractivity contribution is 6.36. The molecule has 6 atom stereocenters. The first-order chi connectivity index (χ1) is 27.6. The highest BCUT2D eigenvalue weighted by Gasteiger charge is 2.71. The standard InChI is InChI=1S/C44H42Cl2N4O7/c1-56-29-10-7-26(8-11-29)44-34(41(53)50(43(44)55)47-36-15-9-27(45)21-35(36)46)22-33-31(39(44)37-16-12-30(24-51)57-37)13-14-32-38(33)42(54)49(40(32)52)28-17-19-48(20-18-28)23-25-5-3-2-4-6-25/h2-13,15-16,21,28,32-34,38-39,47,51H,14,17-20,22-24H2,1H3. The average Bonchev–Trinajstić information content (AvgIpc) is 3.87. The zero-order valence-electron chi connectivity index (χ0n) is 31.3. The third-order valence-electron chi connectivity index (χ3n) is 12.9. The van der Waals surface area contributed by atoms with Gasteiger partial charge >= 0.3 is 0 Å². The molecule has 13 heteroatoms. The Bertz CT molecular complexity index is 2270. The zero-order chi connectivity index (χ0) is 39.6. The van der Waals surface area contributed by atoms with Crippen LogP contribution in [0.25, 0.3) is 0 Å². The minimum atomic E-state index is -1.55. The first kappa shape index (κ1) is 37.6. The van der Waals surface area contributed by atoms with Crippen LogP contribution in [0.4, 0.5) is 5.69 Å². The van der Waals surface area contributed by atoms with Gasteiger partial charge in [0.05, 0.1) is 41.5 Å². The summed E-state index contributed by atoms with van der Waals surface area (Å²) >= 11 is 12.8. The Balaban J connectivity index is 1.11. The Hall–Kier alpha value is -4.94. The van der Waals surface area contributed by atoms with Gasteiger partial charge in [0.15, 0.2) is 0 Å². The van der Waals surface area contributed by atoms with Crippen LogP contribution in [0.3, 0.4) is 0 Å². The number of fused-ring (bicyclic) bond motifs is 4. The van der Waals surface area contributed by atoms with E-state index in [9.17, 15) is 19.5 Å². The van der Waals surface area contributed by atoms with Gasteiger partial charge in [-0.1, -0.05) is 77.3 Å². The van der Waals surface area contributed by atoms with Crippen molar-refractivity contribution in [3.05, 3.63) is 129 Å². The third-order valence-corrected chi connectivity index (χ3v) is 13.5. The number of imide groups is 2. The van der Waals surface area contributed by atoms with E-state index in [-0.39, 0.29) is 35.9 Å². The van der Waals surface area contributed by atoms with Gasteiger partial charge in [-0.25, -0.2) is 0 Å². The average molecular weight is 810 g/mol. The van der Waals surface area contributed by atoms with Crippen LogP contribution >= 0.6 is 23.2 Å². The first-order valence-electron chi connectivity index (χ1n) is 19.4. The van der Waals surface area contributed by atoms with Crippen molar-refractivity contribution in [2.45, 2.75) is 56.2 Å². The number of ether oxygens (including phenoxy) is 1. The number of likely N-dealkylation sites (tertiary alicyclic amines) is 2. The van der Waals surface area contributed by atoms with Gasteiger partial charge in [0, 0.05) is 30.7 Å². The van der Waals surface area contributed by atoms with E-state index in [1.165, 1.54) is 16.5 Å². The van der Waals surface area contributed by atoms with Crippen LogP contribution in [0.1, 0.15) is 54.2 Å². The molecule has 4 amide bonds. The predicted molar refractivity (Wildman–Crippen MR) is 212 cm³/mol. The molecular weight excluding hydrogens is 767 g/mol. The van der Waals surface area contributed by atoms with Crippen molar-refractivity contribution >= 4 is 52.5 Å². The predicted octanol–water partition coefficient (Wildman–Crippen LogP) is 6.74. The number of benzene rings is 3. The number of rotatable bonds is 9. The van der Waals surface area contributed by atoms with Gasteiger partial charge in [0.25, 0.3) is 11.8 Å². The van der Waals surface area contributed by atoms with Crippen LogP contribution in [0, 0.1) is 23.7 Å². The summed E-state index contributed by atoms with van der Waals surface area (Å²) in [5.41, 5.74) is 4.32. The summed E-state index contributed by atoms with van der Waals surface area (Å²) in [6, 6.07) is 25.2. The minimum Gasteiger partial charge on any atom is -0.497 e. The Morgan fingerprint density at radius 2 is 1.65 bits per heavy atom. The Kier molecular flexibility index (Phi) is 9.75. The van der Waals surface area contributed by atoms with Gasteiger partial charge in [0.1, 0.15) is 29.3 Å². The number of nitrogens with one attached hydrogen (secondary N) is 1. The molecule has 57 heavy (non-hydrogen) atoms. The lowest BCUT2D eigenvalue weighted by Gasteiger charge is -2.49. The maximum atomic E-state index is 15.4. The van der Waals surface area contributed by atoms with Gasteiger partial charge < -0.3 is 14.3 Å². The molecule has 1 saturated carbocycles. The lowest BCUT2D eigenvalue weighted by Crippen LogP contribution is -2.53.